The first kappa shape index (κ1) is 13.1. The molecule has 0 aromatic heterocycles. The molecule has 0 aliphatic heterocycles. The summed E-state index contributed by atoms with van der Waals surface area (Å²) in [5.74, 6) is -1.10. The van der Waals surface area contributed by atoms with Crippen LogP contribution in [0.25, 0.3) is 0 Å². The Morgan fingerprint density at radius 2 is 1.94 bits per heavy atom. The van der Waals surface area contributed by atoms with E-state index in [0.717, 1.165) is 6.07 Å². The molecule has 1 aromatic rings. The molecule has 0 fully saturated rings. The van der Waals surface area contributed by atoms with Crippen LogP contribution in [0.2, 0.25) is 0 Å². The Kier molecular flexibility index (Phi) is 4.38. The van der Waals surface area contributed by atoms with Crippen molar-refractivity contribution in [2.45, 2.75) is 25.9 Å². The van der Waals surface area contributed by atoms with Gasteiger partial charge in [0, 0.05) is 30.3 Å². The van der Waals surface area contributed by atoms with E-state index < -0.39 is 11.6 Å². The number of hydrogen-bond donors (Lipinski definition) is 1. The molecule has 4 heteroatoms. The van der Waals surface area contributed by atoms with Gasteiger partial charge in [-0.1, -0.05) is 6.07 Å². The second-order valence-corrected chi connectivity index (χ2v) is 4.18. The molecule has 1 aromatic carbocycles. The van der Waals surface area contributed by atoms with Gasteiger partial charge in [-0.3, -0.25) is 4.90 Å². The van der Waals surface area contributed by atoms with Gasteiger partial charge >= 0.3 is 0 Å². The van der Waals surface area contributed by atoms with Crippen LogP contribution >= 0.6 is 0 Å². The Balaban J connectivity index is 3.04. The molecule has 0 saturated heterocycles. The largest absolute Gasteiger partial charge is 0.329 e. The van der Waals surface area contributed by atoms with E-state index in [-0.39, 0.29) is 12.1 Å². The van der Waals surface area contributed by atoms with Crippen molar-refractivity contribution < 1.29 is 8.78 Å². The maximum atomic E-state index is 13.6. The highest BCUT2D eigenvalue weighted by Gasteiger charge is 2.21. The molecular weight excluding hydrogens is 210 g/mol. The molecule has 0 aliphatic carbocycles. The summed E-state index contributed by atoms with van der Waals surface area (Å²) in [6.45, 7) is 4.31. The zero-order valence-electron chi connectivity index (χ0n) is 9.87. The summed E-state index contributed by atoms with van der Waals surface area (Å²) in [5.41, 5.74) is 6.09. The molecule has 1 atom stereocenters. The lowest BCUT2D eigenvalue weighted by Crippen LogP contribution is -2.36. The summed E-state index contributed by atoms with van der Waals surface area (Å²) in [6.07, 6.45) is 0. The topological polar surface area (TPSA) is 29.3 Å². The van der Waals surface area contributed by atoms with E-state index in [0.29, 0.717) is 12.1 Å². The fourth-order valence-corrected chi connectivity index (χ4v) is 1.64. The highest BCUT2D eigenvalue weighted by atomic mass is 19.1. The van der Waals surface area contributed by atoms with Crippen molar-refractivity contribution in [2.75, 3.05) is 13.6 Å². The number of benzene rings is 1. The normalized spacial score (nSPS) is 13.5. The molecular formula is C12H18F2N2. The molecule has 0 aliphatic rings. The van der Waals surface area contributed by atoms with E-state index in [9.17, 15) is 8.78 Å². The van der Waals surface area contributed by atoms with Gasteiger partial charge in [0.15, 0.2) is 0 Å². The van der Waals surface area contributed by atoms with Crippen LogP contribution in [-0.2, 0) is 0 Å². The third-order valence-electron chi connectivity index (χ3n) is 2.85. The van der Waals surface area contributed by atoms with Crippen LogP contribution in [0.3, 0.4) is 0 Å². The SMILES string of the molecule is CC(C)N(C)C(CN)c1ccc(F)cc1F. The summed E-state index contributed by atoms with van der Waals surface area (Å²) in [4.78, 5) is 1.97. The van der Waals surface area contributed by atoms with Crippen LogP contribution < -0.4 is 5.73 Å². The number of halogens is 2. The Morgan fingerprint density at radius 3 is 2.38 bits per heavy atom. The molecule has 2 N–H and O–H groups in total. The molecule has 0 bridgehead atoms. The molecule has 1 rings (SSSR count). The van der Waals surface area contributed by atoms with Crippen LogP contribution in [0.15, 0.2) is 18.2 Å². The fourth-order valence-electron chi connectivity index (χ4n) is 1.64. The van der Waals surface area contributed by atoms with Crippen LogP contribution in [0, 0.1) is 11.6 Å². The molecule has 0 heterocycles. The monoisotopic (exact) mass is 228 g/mol. The predicted molar refractivity (Wildman–Crippen MR) is 61.1 cm³/mol. The number of likely N-dealkylation sites (N-methyl/N-ethyl adjacent to an activating group) is 1. The second-order valence-electron chi connectivity index (χ2n) is 4.18. The van der Waals surface area contributed by atoms with E-state index in [1.54, 1.807) is 0 Å². The minimum atomic E-state index is -0.566. The third kappa shape index (κ3) is 2.77. The van der Waals surface area contributed by atoms with Gasteiger partial charge in [-0.15, -0.1) is 0 Å². The average Bonchev–Trinajstić information content (AvgIpc) is 2.21. The standard InChI is InChI=1S/C12H18F2N2/c1-8(2)16(3)12(7-15)10-5-4-9(13)6-11(10)14/h4-6,8,12H,7,15H2,1-3H3. The molecule has 0 spiro atoms. The maximum Gasteiger partial charge on any atom is 0.130 e. The van der Waals surface area contributed by atoms with Gasteiger partial charge in [-0.25, -0.2) is 8.78 Å². The fraction of sp³-hybridized carbons (Fsp3) is 0.500. The smallest absolute Gasteiger partial charge is 0.130 e. The Morgan fingerprint density at radius 1 is 1.31 bits per heavy atom. The first-order chi connectivity index (χ1) is 7.47. The van der Waals surface area contributed by atoms with E-state index in [4.69, 9.17) is 5.73 Å². The van der Waals surface area contributed by atoms with Crippen molar-refractivity contribution in [3.63, 3.8) is 0 Å². The Hall–Kier alpha value is -1.00. The van der Waals surface area contributed by atoms with Gasteiger partial charge in [0.25, 0.3) is 0 Å². The highest BCUT2D eigenvalue weighted by Crippen LogP contribution is 2.23. The van der Waals surface area contributed by atoms with Crippen LogP contribution in [0.1, 0.15) is 25.5 Å². The van der Waals surface area contributed by atoms with Crippen LogP contribution in [0.4, 0.5) is 8.78 Å². The molecule has 0 saturated carbocycles. The summed E-state index contributed by atoms with van der Waals surface area (Å²) in [6, 6.07) is 3.64. The quantitative estimate of drug-likeness (QED) is 0.856. The summed E-state index contributed by atoms with van der Waals surface area (Å²) >= 11 is 0. The van der Waals surface area contributed by atoms with Crippen molar-refractivity contribution in [1.29, 1.82) is 0 Å². The summed E-state index contributed by atoms with van der Waals surface area (Å²) in [5, 5.41) is 0. The zero-order chi connectivity index (χ0) is 12.3. The molecule has 0 amide bonds. The van der Waals surface area contributed by atoms with Crippen LogP contribution in [-0.4, -0.2) is 24.5 Å². The lowest BCUT2D eigenvalue weighted by Gasteiger charge is -2.30. The van der Waals surface area contributed by atoms with Gasteiger partial charge in [0.1, 0.15) is 11.6 Å². The van der Waals surface area contributed by atoms with E-state index >= 15 is 0 Å². The van der Waals surface area contributed by atoms with Gasteiger partial charge in [-0.05, 0) is 27.0 Å². The summed E-state index contributed by atoms with van der Waals surface area (Å²) in [7, 11) is 1.88. The molecule has 0 radical (unpaired) electrons. The number of nitrogens with two attached hydrogens (primary N) is 1. The lowest BCUT2D eigenvalue weighted by atomic mass is 10.0. The minimum Gasteiger partial charge on any atom is -0.329 e. The lowest BCUT2D eigenvalue weighted by molar-refractivity contribution is 0.197. The maximum absolute atomic E-state index is 13.6. The molecule has 16 heavy (non-hydrogen) atoms. The van der Waals surface area contributed by atoms with Crippen molar-refractivity contribution in [2.24, 2.45) is 5.73 Å². The predicted octanol–water partition coefficient (Wildman–Crippen LogP) is 2.30. The first-order valence-electron chi connectivity index (χ1n) is 5.34. The first-order valence-corrected chi connectivity index (χ1v) is 5.34. The number of hydrogen-bond acceptors (Lipinski definition) is 2. The minimum absolute atomic E-state index is 0.222. The number of nitrogens with zero attached hydrogens (tertiary/aromatic N) is 1. The van der Waals surface area contributed by atoms with Crippen molar-refractivity contribution in [1.82, 2.24) is 4.90 Å². The number of rotatable bonds is 4. The van der Waals surface area contributed by atoms with Crippen molar-refractivity contribution in [3.8, 4) is 0 Å². The Labute approximate surface area is 95.1 Å². The van der Waals surface area contributed by atoms with Gasteiger partial charge in [0.2, 0.25) is 0 Å². The molecule has 90 valence electrons. The van der Waals surface area contributed by atoms with Gasteiger partial charge in [-0.2, -0.15) is 0 Å². The second kappa shape index (κ2) is 5.37. The molecule has 1 unspecified atom stereocenters. The summed E-state index contributed by atoms with van der Waals surface area (Å²) < 4.78 is 26.4. The molecule has 2 nitrogen and oxygen atoms in total. The Bertz CT molecular complexity index is 353. The van der Waals surface area contributed by atoms with Gasteiger partial charge < -0.3 is 5.73 Å². The van der Waals surface area contributed by atoms with E-state index in [2.05, 4.69) is 0 Å². The van der Waals surface area contributed by atoms with Crippen molar-refractivity contribution in [3.05, 3.63) is 35.4 Å². The zero-order valence-corrected chi connectivity index (χ0v) is 9.87. The third-order valence-corrected chi connectivity index (χ3v) is 2.85. The van der Waals surface area contributed by atoms with E-state index in [1.807, 2.05) is 25.8 Å². The highest BCUT2D eigenvalue weighted by molar-refractivity contribution is 5.22. The van der Waals surface area contributed by atoms with Crippen molar-refractivity contribution >= 4 is 0 Å². The average molecular weight is 228 g/mol. The van der Waals surface area contributed by atoms with E-state index in [1.165, 1.54) is 12.1 Å². The van der Waals surface area contributed by atoms with Crippen LogP contribution in [0.5, 0.6) is 0 Å². The van der Waals surface area contributed by atoms with Gasteiger partial charge in [0.05, 0.1) is 0 Å².